The van der Waals surface area contributed by atoms with Crippen molar-refractivity contribution >= 4 is 27.9 Å². The molecule has 0 saturated carbocycles. The molecule has 1 aromatic rings. The molecule has 1 saturated heterocycles. The van der Waals surface area contributed by atoms with Crippen molar-refractivity contribution in [3.05, 3.63) is 35.4 Å². The Morgan fingerprint density at radius 3 is 2.36 bits per heavy atom. The van der Waals surface area contributed by atoms with Crippen molar-refractivity contribution < 1.29 is 33.0 Å². The van der Waals surface area contributed by atoms with E-state index in [1.54, 1.807) is 45.0 Å². The highest BCUT2D eigenvalue weighted by Gasteiger charge is 2.46. The van der Waals surface area contributed by atoms with Crippen molar-refractivity contribution in [1.82, 2.24) is 20.3 Å². The number of β-amino-alcohol motifs (C(OH)–C–C–N with tert-alkyl or cyclic N) is 1. The second kappa shape index (κ2) is 11.7. The van der Waals surface area contributed by atoms with E-state index in [-0.39, 0.29) is 25.9 Å². The molecule has 3 amide bonds. The summed E-state index contributed by atoms with van der Waals surface area (Å²) in [4.78, 5) is 39.3. The summed E-state index contributed by atoms with van der Waals surface area (Å²) in [5, 5.41) is 24.7. The molecule has 1 aromatic carbocycles. The van der Waals surface area contributed by atoms with E-state index in [0.29, 0.717) is 5.56 Å². The van der Waals surface area contributed by atoms with Crippen LogP contribution in [-0.2, 0) is 19.6 Å². The molecule has 1 fully saturated rings. The number of hydrogen-bond donors (Lipinski definition) is 5. The highest BCUT2D eigenvalue weighted by atomic mass is 32.2. The van der Waals surface area contributed by atoms with Crippen LogP contribution in [0.5, 0.6) is 0 Å². The molecule has 0 spiro atoms. The van der Waals surface area contributed by atoms with Crippen LogP contribution >= 0.6 is 0 Å². The van der Waals surface area contributed by atoms with Gasteiger partial charge in [0, 0.05) is 25.1 Å². The molecule has 2 rings (SSSR count). The summed E-state index contributed by atoms with van der Waals surface area (Å²) in [5.74, 6) is 1.35. The van der Waals surface area contributed by atoms with Gasteiger partial charge in [-0.25, -0.2) is 17.9 Å². The van der Waals surface area contributed by atoms with Crippen LogP contribution in [0.15, 0.2) is 24.3 Å². The van der Waals surface area contributed by atoms with E-state index in [9.17, 15) is 33.0 Å². The van der Waals surface area contributed by atoms with Crippen LogP contribution in [-0.4, -0.2) is 79.0 Å². The van der Waals surface area contributed by atoms with Gasteiger partial charge in [0.1, 0.15) is 12.1 Å². The van der Waals surface area contributed by atoms with Crippen LogP contribution in [0.25, 0.3) is 0 Å². The van der Waals surface area contributed by atoms with E-state index >= 15 is 0 Å². The maximum absolute atomic E-state index is 13.5. The fourth-order valence-corrected chi connectivity index (χ4v) is 4.62. The summed E-state index contributed by atoms with van der Waals surface area (Å²) in [6.07, 6.45) is 4.10. The summed E-state index contributed by atoms with van der Waals surface area (Å²) in [6.45, 7) is 4.86. The van der Waals surface area contributed by atoms with E-state index < -0.39 is 57.6 Å². The number of rotatable bonds is 10. The van der Waals surface area contributed by atoms with E-state index in [1.807, 2.05) is 0 Å². The number of carbonyl (C=O) groups is 3. The van der Waals surface area contributed by atoms with E-state index in [2.05, 4.69) is 21.3 Å². The molecule has 36 heavy (non-hydrogen) atoms. The average molecular weight is 523 g/mol. The number of sulfonamides is 1. The Bertz CT molecular complexity index is 1110. The van der Waals surface area contributed by atoms with E-state index in [1.165, 1.54) is 4.90 Å². The predicted octanol–water partition coefficient (Wildman–Crippen LogP) is 0.409. The van der Waals surface area contributed by atoms with Gasteiger partial charge in [-0.2, -0.15) is 0 Å². The second-order valence-electron chi connectivity index (χ2n) is 9.68. The third kappa shape index (κ3) is 7.94. The number of carbonyl (C=O) groups excluding carboxylic acids is 2. The number of terminal acetylenes is 1. The van der Waals surface area contributed by atoms with E-state index in [0.717, 1.165) is 11.8 Å². The van der Waals surface area contributed by atoms with Gasteiger partial charge in [-0.05, 0) is 36.5 Å². The maximum Gasteiger partial charge on any atom is 0.405 e. The van der Waals surface area contributed by atoms with Crippen LogP contribution in [0.1, 0.15) is 50.8 Å². The Morgan fingerprint density at radius 1 is 1.22 bits per heavy atom. The average Bonchev–Trinajstić information content (AvgIpc) is 3.17. The molecular formula is C24H34N4O7S. The molecule has 11 nitrogen and oxygen atoms in total. The minimum absolute atomic E-state index is 0.00379. The first-order chi connectivity index (χ1) is 16.6. The summed E-state index contributed by atoms with van der Waals surface area (Å²) in [5.41, 5.74) is 0.469. The fraction of sp³-hybridized carbons (Fsp3) is 0.542. The number of carboxylic acid groups (broad SMARTS) is 1. The smallest absolute Gasteiger partial charge is 0.405 e. The van der Waals surface area contributed by atoms with Gasteiger partial charge >= 0.3 is 6.09 Å². The van der Waals surface area contributed by atoms with Gasteiger partial charge in [0.05, 0.1) is 18.4 Å². The molecule has 198 valence electrons. The van der Waals surface area contributed by atoms with Gasteiger partial charge in [-0.15, -0.1) is 6.42 Å². The highest BCUT2D eigenvalue weighted by molar-refractivity contribution is 7.88. The maximum atomic E-state index is 13.5. The van der Waals surface area contributed by atoms with Crippen molar-refractivity contribution in [1.29, 1.82) is 0 Å². The number of aliphatic hydroxyl groups excluding tert-OH is 1. The summed E-state index contributed by atoms with van der Waals surface area (Å²) in [7, 11) is -3.47. The van der Waals surface area contributed by atoms with Gasteiger partial charge in [-0.1, -0.05) is 31.9 Å². The Kier molecular flexibility index (Phi) is 9.48. The molecule has 1 aliphatic heterocycles. The number of benzene rings is 1. The molecule has 1 aliphatic rings. The van der Waals surface area contributed by atoms with Crippen LogP contribution in [0.4, 0.5) is 4.79 Å². The molecule has 0 radical (unpaired) electrons. The molecule has 0 unspecified atom stereocenters. The molecule has 0 aromatic heterocycles. The molecule has 4 atom stereocenters. The second-order valence-corrected chi connectivity index (χ2v) is 11.5. The number of nitrogens with one attached hydrogen (secondary N) is 3. The molecule has 1 heterocycles. The minimum atomic E-state index is -3.47. The van der Waals surface area contributed by atoms with Gasteiger partial charge in [-0.3, -0.25) is 9.59 Å². The largest absolute Gasteiger partial charge is 0.465 e. The van der Waals surface area contributed by atoms with Crippen LogP contribution < -0.4 is 15.4 Å². The molecule has 5 N–H and O–H groups in total. The number of nitrogens with zero attached hydrogens (tertiary/aromatic N) is 1. The van der Waals surface area contributed by atoms with Crippen molar-refractivity contribution in [3.63, 3.8) is 0 Å². The fourth-order valence-electron chi connectivity index (χ4n) is 4.15. The van der Waals surface area contributed by atoms with Crippen LogP contribution in [0, 0.1) is 17.8 Å². The third-order valence-corrected chi connectivity index (χ3v) is 6.96. The summed E-state index contributed by atoms with van der Waals surface area (Å²) in [6, 6.07) is 4.35. The molecule has 12 heteroatoms. The van der Waals surface area contributed by atoms with Crippen molar-refractivity contribution in [2.45, 2.75) is 57.8 Å². The van der Waals surface area contributed by atoms with Gasteiger partial charge in [0.2, 0.25) is 21.8 Å². The lowest BCUT2D eigenvalue weighted by molar-refractivity contribution is -0.142. The quantitative estimate of drug-likeness (QED) is 0.278. The number of likely N-dealkylation sites (tertiary alicyclic amines) is 1. The van der Waals surface area contributed by atoms with Gasteiger partial charge < -0.3 is 25.7 Å². The standard InChI is InChI=1S/C24H34N4O7S/c1-6-16-7-9-17(10-8-16)15(2)26-21(30)19-13-18(29)14-28(19)22(31)20(27-23(32)33)24(3,4)11-12-25-36(5,34)35/h1,7-10,15,18-20,25,27,29H,11-14H2,2-5H3,(H,26,30)(H,32,33)/t15-,18+,19-,20-/m0/s1. The first-order valence-corrected chi connectivity index (χ1v) is 13.3. The lowest BCUT2D eigenvalue weighted by atomic mass is 9.80. The molecule has 0 bridgehead atoms. The molecule has 0 aliphatic carbocycles. The van der Waals surface area contributed by atoms with Crippen molar-refractivity contribution in [2.75, 3.05) is 19.3 Å². The lowest BCUT2D eigenvalue weighted by Gasteiger charge is -2.37. The van der Waals surface area contributed by atoms with Crippen molar-refractivity contribution in [2.24, 2.45) is 5.41 Å². The Morgan fingerprint density at radius 2 is 1.83 bits per heavy atom. The predicted molar refractivity (Wildman–Crippen MR) is 133 cm³/mol. The van der Waals surface area contributed by atoms with E-state index in [4.69, 9.17) is 6.42 Å². The first-order valence-electron chi connectivity index (χ1n) is 11.4. The Balaban J connectivity index is 2.21. The zero-order valence-corrected chi connectivity index (χ0v) is 21.6. The Labute approximate surface area is 211 Å². The third-order valence-electron chi connectivity index (χ3n) is 6.23. The number of aliphatic hydroxyl groups is 1. The number of hydrogen-bond acceptors (Lipinski definition) is 6. The number of amides is 3. The summed E-state index contributed by atoms with van der Waals surface area (Å²) < 4.78 is 25.1. The summed E-state index contributed by atoms with van der Waals surface area (Å²) >= 11 is 0. The van der Waals surface area contributed by atoms with Crippen LogP contribution in [0.3, 0.4) is 0 Å². The SMILES string of the molecule is C#Cc1ccc([C@H](C)NC(=O)[C@@H]2C[C@@H](O)CN2C(=O)[C@H](NC(=O)O)C(C)(C)CCNS(C)(=O)=O)cc1. The zero-order valence-electron chi connectivity index (χ0n) is 20.8. The van der Waals surface area contributed by atoms with Crippen molar-refractivity contribution in [3.8, 4) is 12.3 Å². The topological polar surface area (TPSA) is 165 Å². The normalized spacial score (nSPS) is 19.7. The first kappa shape index (κ1) is 29.1. The minimum Gasteiger partial charge on any atom is -0.465 e. The Hall–Kier alpha value is -3.14. The zero-order chi connectivity index (χ0) is 27.3. The highest BCUT2D eigenvalue weighted by Crippen LogP contribution is 2.30. The van der Waals surface area contributed by atoms with Crippen LogP contribution in [0.2, 0.25) is 0 Å². The molecular weight excluding hydrogens is 488 g/mol. The monoisotopic (exact) mass is 522 g/mol. The van der Waals surface area contributed by atoms with Gasteiger partial charge in [0.15, 0.2) is 0 Å². The lowest BCUT2D eigenvalue weighted by Crippen LogP contribution is -2.58. The van der Waals surface area contributed by atoms with Gasteiger partial charge in [0.25, 0.3) is 0 Å².